The van der Waals surface area contributed by atoms with Crippen molar-refractivity contribution in [1.82, 2.24) is 13.9 Å². The van der Waals surface area contributed by atoms with Gasteiger partial charge in [-0.3, -0.25) is 0 Å². The highest BCUT2D eigenvalue weighted by Crippen LogP contribution is 2.25. The van der Waals surface area contributed by atoms with Gasteiger partial charge in [0.05, 0.1) is 20.8 Å². The van der Waals surface area contributed by atoms with E-state index in [0.29, 0.717) is 18.6 Å². The van der Waals surface area contributed by atoms with Crippen molar-refractivity contribution < 1.29 is 16.8 Å². The molecule has 29 heavy (non-hydrogen) atoms. The lowest BCUT2D eigenvalue weighted by atomic mass is 10.2. The third kappa shape index (κ3) is 3.75. The molecule has 1 aliphatic rings. The first-order chi connectivity index (χ1) is 13.8. The number of rotatable bonds is 5. The fourth-order valence-corrected chi connectivity index (χ4v) is 6.19. The molecule has 0 bridgehead atoms. The van der Waals surface area contributed by atoms with Crippen LogP contribution in [0.15, 0.2) is 58.3 Å². The third-order valence-corrected chi connectivity index (χ3v) is 8.30. The zero-order chi connectivity index (χ0) is 20.6. The van der Waals surface area contributed by atoms with Gasteiger partial charge in [0, 0.05) is 20.1 Å². The van der Waals surface area contributed by atoms with Crippen LogP contribution in [-0.4, -0.2) is 43.8 Å². The maximum atomic E-state index is 12.9. The molecule has 2 heterocycles. The van der Waals surface area contributed by atoms with Crippen LogP contribution in [-0.2, 0) is 27.1 Å². The Morgan fingerprint density at radius 3 is 2.31 bits per heavy atom. The highest BCUT2D eigenvalue weighted by atomic mass is 32.2. The molecule has 1 aromatic heterocycles. The van der Waals surface area contributed by atoms with E-state index < -0.39 is 20.0 Å². The molecular formula is C19H22N4O4S2. The van der Waals surface area contributed by atoms with Crippen LogP contribution < -0.4 is 4.72 Å². The van der Waals surface area contributed by atoms with Gasteiger partial charge in [-0.15, -0.1) is 0 Å². The summed E-state index contributed by atoms with van der Waals surface area (Å²) in [4.78, 5) is 4.17. The van der Waals surface area contributed by atoms with Gasteiger partial charge in [-0.05, 0) is 43.2 Å². The summed E-state index contributed by atoms with van der Waals surface area (Å²) < 4.78 is 57.1. The lowest BCUT2D eigenvalue weighted by Crippen LogP contribution is -2.35. The number of piperidine rings is 1. The maximum Gasteiger partial charge on any atom is 0.264 e. The minimum atomic E-state index is -4.01. The summed E-state index contributed by atoms with van der Waals surface area (Å²) in [6, 6.07) is 12.7. The van der Waals surface area contributed by atoms with Crippen LogP contribution in [0.4, 0.5) is 5.95 Å². The van der Waals surface area contributed by atoms with Crippen molar-refractivity contribution in [2.45, 2.75) is 29.1 Å². The van der Waals surface area contributed by atoms with Crippen LogP contribution in [0.25, 0.3) is 11.0 Å². The van der Waals surface area contributed by atoms with Gasteiger partial charge < -0.3 is 4.57 Å². The number of aromatic nitrogens is 2. The molecule has 1 fully saturated rings. The van der Waals surface area contributed by atoms with E-state index in [0.717, 1.165) is 24.8 Å². The molecule has 1 aliphatic heterocycles. The second-order valence-corrected chi connectivity index (χ2v) is 10.6. The fourth-order valence-electron chi connectivity index (χ4n) is 3.47. The summed E-state index contributed by atoms with van der Waals surface area (Å²) in [7, 11) is -6.03. The predicted molar refractivity (Wildman–Crippen MR) is 111 cm³/mol. The molecule has 0 radical (unpaired) electrons. The number of anilines is 1. The van der Waals surface area contributed by atoms with Crippen molar-refractivity contribution in [3.8, 4) is 0 Å². The predicted octanol–water partition coefficient (Wildman–Crippen LogP) is 2.55. The molecular weight excluding hydrogens is 412 g/mol. The number of nitrogens with zero attached hydrogens (tertiary/aromatic N) is 3. The first-order valence-corrected chi connectivity index (χ1v) is 12.3. The zero-order valence-corrected chi connectivity index (χ0v) is 17.6. The SMILES string of the molecule is Cn1c(NS(=O)(=O)c2cccc(S(=O)(=O)N3CCCCC3)c2)nc2ccccc21. The van der Waals surface area contributed by atoms with Gasteiger partial charge in [-0.2, -0.15) is 4.31 Å². The molecule has 1 saturated heterocycles. The third-order valence-electron chi connectivity index (χ3n) is 5.08. The van der Waals surface area contributed by atoms with E-state index in [9.17, 15) is 16.8 Å². The molecule has 10 heteroatoms. The second kappa shape index (κ2) is 7.43. The van der Waals surface area contributed by atoms with Gasteiger partial charge >= 0.3 is 0 Å². The van der Waals surface area contributed by atoms with Crippen molar-refractivity contribution in [2.75, 3.05) is 17.8 Å². The number of imidazole rings is 1. The van der Waals surface area contributed by atoms with Crippen molar-refractivity contribution in [3.63, 3.8) is 0 Å². The Bertz CT molecular complexity index is 1260. The summed E-state index contributed by atoms with van der Waals surface area (Å²) in [5.74, 6) is 0.162. The number of hydrogen-bond acceptors (Lipinski definition) is 5. The summed E-state index contributed by atoms with van der Waals surface area (Å²) in [6.45, 7) is 0.912. The van der Waals surface area contributed by atoms with Crippen LogP contribution in [0.3, 0.4) is 0 Å². The number of benzene rings is 2. The maximum absolute atomic E-state index is 12.9. The Morgan fingerprint density at radius 2 is 1.59 bits per heavy atom. The van der Waals surface area contributed by atoms with E-state index >= 15 is 0 Å². The molecule has 2 aromatic carbocycles. The average Bonchev–Trinajstić information content (AvgIpc) is 3.04. The van der Waals surface area contributed by atoms with Crippen molar-refractivity contribution in [1.29, 1.82) is 0 Å². The molecule has 3 aromatic rings. The summed E-state index contributed by atoms with van der Waals surface area (Å²) >= 11 is 0. The number of nitrogens with one attached hydrogen (secondary N) is 1. The Labute approximate surface area is 170 Å². The van der Waals surface area contributed by atoms with Crippen molar-refractivity contribution in [2.24, 2.45) is 7.05 Å². The van der Waals surface area contributed by atoms with E-state index in [1.54, 1.807) is 17.7 Å². The van der Waals surface area contributed by atoms with Gasteiger partial charge in [-0.25, -0.2) is 26.5 Å². The number of fused-ring (bicyclic) bond motifs is 1. The molecule has 0 saturated carbocycles. The van der Waals surface area contributed by atoms with E-state index in [4.69, 9.17) is 0 Å². The van der Waals surface area contributed by atoms with Crippen molar-refractivity contribution in [3.05, 3.63) is 48.5 Å². The molecule has 4 rings (SSSR count). The summed E-state index contributed by atoms with van der Waals surface area (Å²) in [5, 5.41) is 0. The van der Waals surface area contributed by atoms with E-state index in [1.807, 2.05) is 18.2 Å². The van der Waals surface area contributed by atoms with Crippen LogP contribution in [0.2, 0.25) is 0 Å². The van der Waals surface area contributed by atoms with Crippen molar-refractivity contribution >= 4 is 37.0 Å². The van der Waals surface area contributed by atoms with Crippen LogP contribution in [0, 0.1) is 0 Å². The van der Waals surface area contributed by atoms with Gasteiger partial charge in [0.15, 0.2) is 0 Å². The monoisotopic (exact) mass is 434 g/mol. The minimum absolute atomic E-state index is 0.0210. The fraction of sp³-hybridized carbons (Fsp3) is 0.316. The highest BCUT2D eigenvalue weighted by Gasteiger charge is 2.27. The highest BCUT2D eigenvalue weighted by molar-refractivity contribution is 7.92. The molecule has 0 spiro atoms. The number of hydrogen-bond donors (Lipinski definition) is 1. The van der Waals surface area contributed by atoms with Gasteiger partial charge in [0.25, 0.3) is 10.0 Å². The lowest BCUT2D eigenvalue weighted by Gasteiger charge is -2.26. The van der Waals surface area contributed by atoms with E-state index in [-0.39, 0.29) is 15.7 Å². The minimum Gasteiger partial charge on any atom is -0.313 e. The molecule has 0 aliphatic carbocycles. The van der Waals surface area contributed by atoms with Gasteiger partial charge in [0.2, 0.25) is 16.0 Å². The Morgan fingerprint density at radius 1 is 0.897 bits per heavy atom. The molecule has 8 nitrogen and oxygen atoms in total. The topological polar surface area (TPSA) is 101 Å². The number of aryl methyl sites for hydroxylation is 1. The zero-order valence-electron chi connectivity index (χ0n) is 15.9. The van der Waals surface area contributed by atoms with Gasteiger partial charge in [0.1, 0.15) is 0 Å². The molecule has 0 amide bonds. The average molecular weight is 435 g/mol. The lowest BCUT2D eigenvalue weighted by molar-refractivity contribution is 0.346. The first-order valence-electron chi connectivity index (χ1n) is 9.33. The molecule has 154 valence electrons. The van der Waals surface area contributed by atoms with Crippen LogP contribution in [0.1, 0.15) is 19.3 Å². The first kappa shape index (κ1) is 19.9. The Balaban J connectivity index is 1.67. The number of sulfonamides is 2. The summed E-state index contributed by atoms with van der Waals surface area (Å²) in [5.41, 5.74) is 1.45. The Hall–Kier alpha value is -2.43. The van der Waals surface area contributed by atoms with E-state index in [1.165, 1.54) is 28.6 Å². The molecule has 1 N–H and O–H groups in total. The van der Waals surface area contributed by atoms with Gasteiger partial charge in [-0.1, -0.05) is 24.6 Å². The normalized spacial score (nSPS) is 16.2. The molecule has 0 atom stereocenters. The molecule has 0 unspecified atom stereocenters. The smallest absolute Gasteiger partial charge is 0.264 e. The van der Waals surface area contributed by atoms with Crippen LogP contribution in [0.5, 0.6) is 0 Å². The standard InChI is InChI=1S/C19H22N4O4S2/c1-22-18-11-4-3-10-17(18)20-19(22)21-28(24,25)15-8-7-9-16(14-15)29(26,27)23-12-5-2-6-13-23/h3-4,7-11,14H,2,5-6,12-13H2,1H3,(H,20,21). The summed E-state index contributed by atoms with van der Waals surface area (Å²) in [6.07, 6.45) is 2.62. The largest absolute Gasteiger partial charge is 0.313 e. The quantitative estimate of drug-likeness (QED) is 0.665. The van der Waals surface area contributed by atoms with E-state index in [2.05, 4.69) is 9.71 Å². The van der Waals surface area contributed by atoms with Crippen LogP contribution >= 0.6 is 0 Å². The second-order valence-electron chi connectivity index (χ2n) is 7.03. The Kier molecular flexibility index (Phi) is 5.09. The number of para-hydroxylation sites is 2.